The van der Waals surface area contributed by atoms with E-state index in [9.17, 15) is 9.59 Å². The molecule has 2 aromatic heterocycles. The van der Waals surface area contributed by atoms with Crippen molar-refractivity contribution in [2.24, 2.45) is 0 Å². The van der Waals surface area contributed by atoms with Crippen LogP contribution in [0.3, 0.4) is 0 Å². The van der Waals surface area contributed by atoms with Gasteiger partial charge >= 0.3 is 0 Å². The van der Waals surface area contributed by atoms with E-state index >= 15 is 0 Å². The standard InChI is InChI=1S/C19H23N5O3S/c1-12-17(21-22-28-12)19(26)24-10-8-15-14(24)6-7-16(27-15)18(25)23(2)11-13-5-3-4-9-20-13/h3-5,9,14-16H,6-8,10-11H2,1-2H3/t14-,15-,16+/m1/s1. The molecule has 3 atom stereocenters. The minimum atomic E-state index is -0.465. The predicted molar refractivity (Wildman–Crippen MR) is 103 cm³/mol. The maximum Gasteiger partial charge on any atom is 0.275 e. The third kappa shape index (κ3) is 3.64. The Hall–Kier alpha value is -2.39. The molecule has 8 nitrogen and oxygen atoms in total. The van der Waals surface area contributed by atoms with Gasteiger partial charge in [0.2, 0.25) is 0 Å². The number of carbonyl (C=O) groups excluding carboxylic acids is 2. The Balaban J connectivity index is 1.37. The van der Waals surface area contributed by atoms with E-state index < -0.39 is 6.10 Å². The molecule has 28 heavy (non-hydrogen) atoms. The molecular formula is C19H23N5O3S. The van der Waals surface area contributed by atoms with Gasteiger partial charge in [-0.25, -0.2) is 0 Å². The van der Waals surface area contributed by atoms with Crippen LogP contribution in [0.5, 0.6) is 0 Å². The van der Waals surface area contributed by atoms with Crippen molar-refractivity contribution in [3.05, 3.63) is 40.7 Å². The number of hydrogen-bond acceptors (Lipinski definition) is 7. The molecule has 2 fully saturated rings. The fourth-order valence-corrected chi connectivity index (χ4v) is 4.44. The molecule has 0 unspecified atom stereocenters. The molecule has 2 amide bonds. The summed E-state index contributed by atoms with van der Waals surface area (Å²) >= 11 is 1.23. The number of ether oxygens (including phenoxy) is 1. The lowest BCUT2D eigenvalue weighted by Crippen LogP contribution is -2.49. The summed E-state index contributed by atoms with van der Waals surface area (Å²) in [5.41, 5.74) is 1.27. The average molecular weight is 401 g/mol. The van der Waals surface area contributed by atoms with Gasteiger partial charge in [-0.2, -0.15) is 0 Å². The number of aromatic nitrogens is 3. The van der Waals surface area contributed by atoms with Crippen molar-refractivity contribution in [2.75, 3.05) is 13.6 Å². The summed E-state index contributed by atoms with van der Waals surface area (Å²) in [4.78, 5) is 34.2. The first kappa shape index (κ1) is 18.9. The fraction of sp³-hybridized carbons (Fsp3) is 0.526. The molecule has 0 N–H and O–H groups in total. The van der Waals surface area contributed by atoms with E-state index in [2.05, 4.69) is 14.6 Å². The summed E-state index contributed by atoms with van der Waals surface area (Å²) in [5, 5.41) is 3.97. The molecule has 0 radical (unpaired) electrons. The van der Waals surface area contributed by atoms with Crippen molar-refractivity contribution < 1.29 is 14.3 Å². The number of aryl methyl sites for hydroxylation is 1. The van der Waals surface area contributed by atoms with Crippen LogP contribution in [0.25, 0.3) is 0 Å². The van der Waals surface area contributed by atoms with E-state index in [1.54, 1.807) is 18.1 Å². The highest BCUT2D eigenvalue weighted by molar-refractivity contribution is 7.05. The van der Waals surface area contributed by atoms with Crippen LogP contribution in [0.15, 0.2) is 24.4 Å². The second-order valence-electron chi connectivity index (χ2n) is 7.29. The van der Waals surface area contributed by atoms with Crippen molar-refractivity contribution in [2.45, 2.75) is 51.0 Å². The Morgan fingerprint density at radius 3 is 2.89 bits per heavy atom. The third-order valence-electron chi connectivity index (χ3n) is 5.44. The predicted octanol–water partition coefficient (Wildman–Crippen LogP) is 1.66. The van der Waals surface area contributed by atoms with Crippen molar-refractivity contribution >= 4 is 23.3 Å². The third-order valence-corrected chi connectivity index (χ3v) is 6.07. The van der Waals surface area contributed by atoms with Crippen LogP contribution < -0.4 is 0 Å². The molecule has 0 aromatic carbocycles. The van der Waals surface area contributed by atoms with E-state index in [1.807, 2.05) is 30.0 Å². The molecule has 4 rings (SSSR count). The highest BCUT2D eigenvalue weighted by atomic mass is 32.1. The van der Waals surface area contributed by atoms with Crippen LogP contribution in [0.2, 0.25) is 0 Å². The van der Waals surface area contributed by atoms with Crippen molar-refractivity contribution in [1.29, 1.82) is 0 Å². The zero-order valence-corrected chi connectivity index (χ0v) is 16.8. The largest absolute Gasteiger partial charge is 0.363 e. The van der Waals surface area contributed by atoms with Gasteiger partial charge in [0.25, 0.3) is 11.8 Å². The van der Waals surface area contributed by atoms with Crippen LogP contribution in [-0.2, 0) is 16.1 Å². The Morgan fingerprint density at radius 2 is 2.18 bits per heavy atom. The number of amides is 2. The summed E-state index contributed by atoms with van der Waals surface area (Å²) in [7, 11) is 1.77. The van der Waals surface area contributed by atoms with Gasteiger partial charge in [-0.3, -0.25) is 14.6 Å². The number of fused-ring (bicyclic) bond motifs is 1. The molecule has 2 aromatic rings. The Labute approximate surface area is 167 Å². The molecule has 4 heterocycles. The van der Waals surface area contributed by atoms with Gasteiger partial charge in [-0.1, -0.05) is 10.6 Å². The first-order valence-corrected chi connectivity index (χ1v) is 10.2. The monoisotopic (exact) mass is 401 g/mol. The van der Waals surface area contributed by atoms with Gasteiger partial charge in [0.15, 0.2) is 5.69 Å². The van der Waals surface area contributed by atoms with E-state index in [-0.39, 0.29) is 24.0 Å². The second-order valence-corrected chi connectivity index (χ2v) is 8.25. The van der Waals surface area contributed by atoms with Crippen molar-refractivity contribution in [3.63, 3.8) is 0 Å². The molecule has 2 aliphatic heterocycles. The van der Waals surface area contributed by atoms with Crippen LogP contribution in [0, 0.1) is 6.92 Å². The summed E-state index contributed by atoms with van der Waals surface area (Å²) in [6.07, 6.45) is 3.24. The lowest BCUT2D eigenvalue weighted by atomic mass is 9.98. The lowest BCUT2D eigenvalue weighted by molar-refractivity contribution is -0.153. The zero-order valence-electron chi connectivity index (χ0n) is 15.9. The minimum Gasteiger partial charge on any atom is -0.363 e. The number of rotatable bonds is 4. The summed E-state index contributed by atoms with van der Waals surface area (Å²) < 4.78 is 9.98. The van der Waals surface area contributed by atoms with Crippen molar-refractivity contribution in [1.82, 2.24) is 24.4 Å². The van der Waals surface area contributed by atoms with E-state index in [0.717, 1.165) is 23.4 Å². The molecule has 0 aliphatic carbocycles. The SMILES string of the molecule is Cc1snnc1C(=O)N1CC[C@H]2O[C@H](C(=O)N(C)Cc3ccccn3)CC[C@H]21. The van der Waals surface area contributed by atoms with Gasteiger partial charge in [-0.05, 0) is 49.9 Å². The van der Waals surface area contributed by atoms with E-state index in [1.165, 1.54) is 11.5 Å². The summed E-state index contributed by atoms with van der Waals surface area (Å²) in [6.45, 7) is 2.93. The number of hydrogen-bond donors (Lipinski definition) is 0. The lowest BCUT2D eigenvalue weighted by Gasteiger charge is -2.36. The molecule has 9 heteroatoms. The van der Waals surface area contributed by atoms with E-state index in [0.29, 0.717) is 25.2 Å². The number of likely N-dealkylation sites (tertiary alicyclic amines) is 1. The zero-order chi connectivity index (χ0) is 19.7. The summed E-state index contributed by atoms with van der Waals surface area (Å²) in [6, 6.07) is 5.66. The van der Waals surface area contributed by atoms with Crippen molar-refractivity contribution in [3.8, 4) is 0 Å². The summed E-state index contributed by atoms with van der Waals surface area (Å²) in [5.74, 6) is -0.118. The van der Waals surface area contributed by atoms with Crippen LogP contribution in [-0.4, -0.2) is 68.0 Å². The Morgan fingerprint density at radius 1 is 1.32 bits per heavy atom. The second kappa shape index (κ2) is 7.92. The maximum atomic E-state index is 12.8. The fourth-order valence-electron chi connectivity index (χ4n) is 3.98. The Kier molecular flexibility index (Phi) is 5.36. The molecule has 0 saturated carbocycles. The normalized spacial score (nSPS) is 24.1. The highest BCUT2D eigenvalue weighted by Gasteiger charge is 2.44. The number of likely N-dealkylation sites (N-methyl/N-ethyl adjacent to an activating group) is 1. The molecule has 2 aliphatic rings. The number of pyridine rings is 1. The molecule has 0 bridgehead atoms. The van der Waals surface area contributed by atoms with Gasteiger partial charge in [-0.15, -0.1) is 5.10 Å². The average Bonchev–Trinajstić information content (AvgIpc) is 3.33. The molecule has 2 saturated heterocycles. The quantitative estimate of drug-likeness (QED) is 0.774. The topological polar surface area (TPSA) is 88.5 Å². The van der Waals surface area contributed by atoms with Gasteiger partial charge in [0, 0.05) is 19.8 Å². The van der Waals surface area contributed by atoms with Crippen LogP contribution >= 0.6 is 11.5 Å². The maximum absolute atomic E-state index is 12.8. The smallest absolute Gasteiger partial charge is 0.275 e. The van der Waals surface area contributed by atoms with Crippen LogP contribution in [0.1, 0.15) is 40.3 Å². The van der Waals surface area contributed by atoms with E-state index in [4.69, 9.17) is 4.74 Å². The first-order chi connectivity index (χ1) is 13.5. The minimum absolute atomic E-state index is 0.00116. The number of nitrogens with zero attached hydrogens (tertiary/aromatic N) is 5. The van der Waals surface area contributed by atoms with Gasteiger partial charge < -0.3 is 14.5 Å². The first-order valence-electron chi connectivity index (χ1n) is 9.45. The van der Waals surface area contributed by atoms with Crippen LogP contribution in [0.4, 0.5) is 0 Å². The van der Waals surface area contributed by atoms with Gasteiger partial charge in [0.05, 0.1) is 29.3 Å². The number of carbonyl (C=O) groups is 2. The molecule has 148 valence electrons. The Bertz CT molecular complexity index is 858. The molecular weight excluding hydrogens is 378 g/mol. The van der Waals surface area contributed by atoms with Gasteiger partial charge in [0.1, 0.15) is 6.10 Å². The molecule has 0 spiro atoms. The highest BCUT2D eigenvalue weighted by Crippen LogP contribution is 2.33.